The quantitative estimate of drug-likeness (QED) is 0.780. The van der Waals surface area contributed by atoms with Gasteiger partial charge in [-0.25, -0.2) is 0 Å². The first-order valence-corrected chi connectivity index (χ1v) is 5.68. The monoisotopic (exact) mass is 239 g/mol. The van der Waals surface area contributed by atoms with Crippen molar-refractivity contribution in [2.24, 2.45) is 0 Å². The molecule has 0 amide bonds. The zero-order valence-electron chi connectivity index (χ0n) is 9.69. The van der Waals surface area contributed by atoms with Crippen molar-refractivity contribution < 1.29 is 19.7 Å². The van der Waals surface area contributed by atoms with Gasteiger partial charge in [0.1, 0.15) is 18.3 Å². The molecule has 0 spiro atoms. The molecule has 0 saturated carbocycles. The highest BCUT2D eigenvalue weighted by Crippen LogP contribution is 2.24. The summed E-state index contributed by atoms with van der Waals surface area (Å²) in [5.41, 5.74) is 0.805. The number of ether oxygens (including phenoxy) is 2. The minimum Gasteiger partial charge on any atom is -0.394 e. The molecule has 1 aliphatic heterocycles. The number of rotatable bonds is 4. The highest BCUT2D eigenvalue weighted by Gasteiger charge is 2.41. The molecule has 1 aliphatic rings. The van der Waals surface area contributed by atoms with Crippen molar-refractivity contribution in [1.29, 1.82) is 0 Å². The lowest BCUT2D eigenvalue weighted by Crippen LogP contribution is -2.35. The Balaban J connectivity index is 1.91. The summed E-state index contributed by atoms with van der Waals surface area (Å²) in [5, 5.41) is 18.9. The van der Waals surface area contributed by atoms with Crippen LogP contribution in [0.15, 0.2) is 24.4 Å². The summed E-state index contributed by atoms with van der Waals surface area (Å²) in [6, 6.07) is 5.57. The standard InChI is InChI=1S/C12H17NO4/c1-8-12(11(15)10(6-14)17-8)16-7-9-4-2-3-5-13-9/h2-5,8,10-12,14-15H,6-7H2,1H3/t8-,10+,11-,12?/m0/s1. The third kappa shape index (κ3) is 2.81. The van der Waals surface area contributed by atoms with Crippen LogP contribution in [-0.4, -0.2) is 46.2 Å². The molecule has 4 atom stereocenters. The molecule has 1 aromatic heterocycles. The van der Waals surface area contributed by atoms with Gasteiger partial charge >= 0.3 is 0 Å². The predicted molar refractivity (Wildman–Crippen MR) is 60.2 cm³/mol. The predicted octanol–water partition coefficient (Wildman–Crippen LogP) is 0.107. The zero-order chi connectivity index (χ0) is 12.3. The fraction of sp³-hybridized carbons (Fsp3) is 0.583. The Hall–Kier alpha value is -1.01. The van der Waals surface area contributed by atoms with Gasteiger partial charge in [0.15, 0.2) is 0 Å². The summed E-state index contributed by atoms with van der Waals surface area (Å²) in [4.78, 5) is 4.13. The van der Waals surface area contributed by atoms with Crippen molar-refractivity contribution in [1.82, 2.24) is 4.98 Å². The van der Waals surface area contributed by atoms with Crippen LogP contribution in [0.3, 0.4) is 0 Å². The van der Waals surface area contributed by atoms with Crippen LogP contribution < -0.4 is 0 Å². The number of aromatic nitrogens is 1. The van der Waals surface area contributed by atoms with E-state index in [-0.39, 0.29) is 12.7 Å². The third-order valence-corrected chi connectivity index (χ3v) is 2.90. The second kappa shape index (κ2) is 5.55. The van der Waals surface area contributed by atoms with Gasteiger partial charge in [-0.15, -0.1) is 0 Å². The minimum absolute atomic E-state index is 0.199. The Morgan fingerprint density at radius 2 is 2.29 bits per heavy atom. The SMILES string of the molecule is C[C@@H]1O[C@H](CO)[C@H](O)C1OCc1ccccn1. The maximum absolute atomic E-state index is 9.87. The number of pyridine rings is 1. The molecule has 2 N–H and O–H groups in total. The van der Waals surface area contributed by atoms with E-state index in [4.69, 9.17) is 14.6 Å². The van der Waals surface area contributed by atoms with Crippen molar-refractivity contribution in [2.45, 2.75) is 37.9 Å². The fourth-order valence-corrected chi connectivity index (χ4v) is 1.97. The molecule has 0 aliphatic carbocycles. The number of aliphatic hydroxyl groups excluding tert-OH is 2. The molecular weight excluding hydrogens is 222 g/mol. The summed E-state index contributed by atoms with van der Waals surface area (Å²) in [5.74, 6) is 0. The molecule has 1 fully saturated rings. The van der Waals surface area contributed by atoms with E-state index in [1.54, 1.807) is 6.20 Å². The van der Waals surface area contributed by atoms with E-state index >= 15 is 0 Å². The Bertz CT molecular complexity index is 346. The topological polar surface area (TPSA) is 71.8 Å². The third-order valence-electron chi connectivity index (χ3n) is 2.90. The average molecular weight is 239 g/mol. The van der Waals surface area contributed by atoms with Gasteiger partial charge < -0.3 is 19.7 Å². The summed E-state index contributed by atoms with van der Waals surface area (Å²) >= 11 is 0. The lowest BCUT2D eigenvalue weighted by molar-refractivity contribution is -0.0425. The van der Waals surface area contributed by atoms with Crippen LogP contribution in [0.25, 0.3) is 0 Å². The van der Waals surface area contributed by atoms with E-state index in [0.717, 1.165) is 5.69 Å². The Morgan fingerprint density at radius 1 is 1.47 bits per heavy atom. The maximum atomic E-state index is 9.87. The minimum atomic E-state index is -0.793. The summed E-state index contributed by atoms with van der Waals surface area (Å²) in [7, 11) is 0. The van der Waals surface area contributed by atoms with E-state index in [2.05, 4.69) is 4.98 Å². The number of aliphatic hydroxyl groups is 2. The summed E-state index contributed by atoms with van der Waals surface area (Å²) in [6.45, 7) is 1.95. The molecule has 1 unspecified atom stereocenters. The van der Waals surface area contributed by atoms with Crippen LogP contribution in [-0.2, 0) is 16.1 Å². The first-order chi connectivity index (χ1) is 8.22. The van der Waals surface area contributed by atoms with E-state index in [1.165, 1.54) is 0 Å². The summed E-state index contributed by atoms with van der Waals surface area (Å²) in [6.07, 6.45) is -0.308. The first-order valence-electron chi connectivity index (χ1n) is 5.68. The molecule has 0 radical (unpaired) electrons. The largest absolute Gasteiger partial charge is 0.394 e. The molecular formula is C12H17NO4. The van der Waals surface area contributed by atoms with Gasteiger partial charge in [-0.2, -0.15) is 0 Å². The average Bonchev–Trinajstić information content (AvgIpc) is 2.63. The molecule has 0 aromatic carbocycles. The van der Waals surface area contributed by atoms with E-state index in [9.17, 15) is 5.11 Å². The molecule has 1 saturated heterocycles. The van der Waals surface area contributed by atoms with Gasteiger partial charge in [0, 0.05) is 6.20 Å². The van der Waals surface area contributed by atoms with Crippen molar-refractivity contribution in [3.05, 3.63) is 30.1 Å². The molecule has 94 valence electrons. The Labute approximate surface area is 100 Å². The van der Waals surface area contributed by atoms with Gasteiger partial charge in [0.05, 0.1) is 25.0 Å². The zero-order valence-corrected chi connectivity index (χ0v) is 9.69. The molecule has 5 heteroatoms. The van der Waals surface area contributed by atoms with Crippen LogP contribution >= 0.6 is 0 Å². The van der Waals surface area contributed by atoms with Gasteiger partial charge in [0.25, 0.3) is 0 Å². The van der Waals surface area contributed by atoms with Crippen LogP contribution in [0.4, 0.5) is 0 Å². The maximum Gasteiger partial charge on any atom is 0.112 e. The lowest BCUT2D eigenvalue weighted by Gasteiger charge is -2.18. The molecule has 0 bridgehead atoms. The van der Waals surface area contributed by atoms with Crippen molar-refractivity contribution in [2.75, 3.05) is 6.61 Å². The van der Waals surface area contributed by atoms with Crippen molar-refractivity contribution in [3.8, 4) is 0 Å². The van der Waals surface area contributed by atoms with Crippen molar-refractivity contribution >= 4 is 0 Å². The van der Waals surface area contributed by atoms with E-state index < -0.39 is 18.3 Å². The Morgan fingerprint density at radius 3 is 2.88 bits per heavy atom. The van der Waals surface area contributed by atoms with E-state index in [0.29, 0.717) is 6.61 Å². The van der Waals surface area contributed by atoms with Crippen LogP contribution in [0.5, 0.6) is 0 Å². The number of hydrogen-bond acceptors (Lipinski definition) is 5. The van der Waals surface area contributed by atoms with Crippen LogP contribution in [0.2, 0.25) is 0 Å². The smallest absolute Gasteiger partial charge is 0.112 e. The van der Waals surface area contributed by atoms with Gasteiger partial charge in [-0.05, 0) is 19.1 Å². The molecule has 5 nitrogen and oxygen atoms in total. The van der Waals surface area contributed by atoms with Crippen LogP contribution in [0.1, 0.15) is 12.6 Å². The van der Waals surface area contributed by atoms with E-state index in [1.807, 2.05) is 25.1 Å². The molecule has 1 aromatic rings. The highest BCUT2D eigenvalue weighted by molar-refractivity contribution is 5.02. The van der Waals surface area contributed by atoms with Gasteiger partial charge in [-0.3, -0.25) is 4.98 Å². The Kier molecular flexibility index (Phi) is 4.06. The highest BCUT2D eigenvalue weighted by atomic mass is 16.6. The summed E-state index contributed by atoms with van der Waals surface area (Å²) < 4.78 is 11.0. The second-order valence-electron chi connectivity index (χ2n) is 4.15. The van der Waals surface area contributed by atoms with Crippen molar-refractivity contribution in [3.63, 3.8) is 0 Å². The first kappa shape index (κ1) is 12.4. The molecule has 17 heavy (non-hydrogen) atoms. The lowest BCUT2D eigenvalue weighted by atomic mass is 10.1. The van der Waals surface area contributed by atoms with Crippen LogP contribution in [0, 0.1) is 0 Å². The number of hydrogen-bond donors (Lipinski definition) is 2. The number of nitrogens with zero attached hydrogens (tertiary/aromatic N) is 1. The molecule has 2 rings (SSSR count). The second-order valence-corrected chi connectivity index (χ2v) is 4.15. The van der Waals surface area contributed by atoms with Gasteiger partial charge in [0.2, 0.25) is 0 Å². The fourth-order valence-electron chi connectivity index (χ4n) is 1.97. The normalized spacial score (nSPS) is 32.9. The van der Waals surface area contributed by atoms with Gasteiger partial charge in [-0.1, -0.05) is 6.07 Å². The molecule has 2 heterocycles.